The molecule has 0 saturated carbocycles. The zero-order valence-corrected chi connectivity index (χ0v) is 11.6. The van der Waals surface area contributed by atoms with Gasteiger partial charge < -0.3 is 10.3 Å². The monoisotopic (exact) mass is 281 g/mol. The van der Waals surface area contributed by atoms with Gasteiger partial charge in [-0.3, -0.25) is 0 Å². The second kappa shape index (κ2) is 3.87. The lowest BCUT2D eigenvalue weighted by Gasteiger charge is -2.05. The molecule has 4 rings (SSSR count). The third-order valence-electron chi connectivity index (χ3n) is 3.82. The first kappa shape index (κ1) is 11.6. The van der Waals surface area contributed by atoms with Crippen molar-refractivity contribution in [3.63, 3.8) is 0 Å². The summed E-state index contributed by atoms with van der Waals surface area (Å²) >= 11 is 6.12. The molecule has 2 heterocycles. The van der Waals surface area contributed by atoms with Gasteiger partial charge in [-0.1, -0.05) is 29.8 Å². The zero-order valence-electron chi connectivity index (χ0n) is 10.9. The Morgan fingerprint density at radius 2 is 1.90 bits per heavy atom. The van der Waals surface area contributed by atoms with Crippen LogP contribution < -0.4 is 5.73 Å². The van der Waals surface area contributed by atoms with Crippen molar-refractivity contribution in [2.45, 2.75) is 0 Å². The van der Waals surface area contributed by atoms with Crippen LogP contribution in [-0.2, 0) is 7.05 Å². The van der Waals surface area contributed by atoms with Crippen LogP contribution in [0.25, 0.3) is 32.8 Å². The van der Waals surface area contributed by atoms with E-state index in [4.69, 9.17) is 22.3 Å². The molecule has 0 unspecified atom stereocenters. The highest BCUT2D eigenvalue weighted by atomic mass is 35.5. The van der Waals surface area contributed by atoms with E-state index in [0.717, 1.165) is 38.5 Å². The third-order valence-corrected chi connectivity index (χ3v) is 4.05. The van der Waals surface area contributed by atoms with E-state index in [1.165, 1.54) is 0 Å². The highest BCUT2D eigenvalue weighted by molar-refractivity contribution is 6.32. The fourth-order valence-corrected chi connectivity index (χ4v) is 3.04. The van der Waals surface area contributed by atoms with Gasteiger partial charge >= 0.3 is 0 Å². The quantitative estimate of drug-likeness (QED) is 0.527. The second-order valence-corrected chi connectivity index (χ2v) is 5.40. The molecule has 0 atom stereocenters. The third kappa shape index (κ3) is 1.38. The number of nitrogens with two attached hydrogens (primary N) is 1. The molecule has 4 aromatic rings. The lowest BCUT2D eigenvalue weighted by atomic mass is 10.1. The molecule has 4 heteroatoms. The van der Waals surface area contributed by atoms with Crippen LogP contribution in [0.4, 0.5) is 5.69 Å². The molecule has 0 fully saturated rings. The Hall–Kier alpha value is -2.26. The van der Waals surface area contributed by atoms with Gasteiger partial charge in [0.2, 0.25) is 0 Å². The van der Waals surface area contributed by atoms with Crippen LogP contribution in [0.15, 0.2) is 42.5 Å². The molecule has 0 aliphatic rings. The van der Waals surface area contributed by atoms with Crippen molar-refractivity contribution in [3.05, 3.63) is 47.5 Å². The van der Waals surface area contributed by atoms with Gasteiger partial charge in [0.05, 0.1) is 27.8 Å². The summed E-state index contributed by atoms with van der Waals surface area (Å²) in [6, 6.07) is 13.8. The summed E-state index contributed by atoms with van der Waals surface area (Å²) in [5, 5.41) is 2.72. The molecule has 2 aromatic heterocycles. The summed E-state index contributed by atoms with van der Waals surface area (Å²) in [4.78, 5) is 4.77. The molecule has 0 radical (unpaired) electrons. The molecular weight excluding hydrogens is 270 g/mol. The van der Waals surface area contributed by atoms with E-state index >= 15 is 0 Å². The number of aromatic nitrogens is 2. The number of halogens is 1. The number of para-hydroxylation sites is 1. The summed E-state index contributed by atoms with van der Waals surface area (Å²) in [5.74, 6) is 0. The lowest BCUT2D eigenvalue weighted by Crippen LogP contribution is -1.95. The minimum Gasteiger partial charge on any atom is -0.396 e. The molecule has 0 amide bonds. The Morgan fingerprint density at radius 3 is 2.75 bits per heavy atom. The van der Waals surface area contributed by atoms with Crippen LogP contribution in [-0.4, -0.2) is 9.55 Å². The molecule has 0 aliphatic carbocycles. The maximum absolute atomic E-state index is 6.36. The number of nitrogen functional groups attached to an aromatic ring is 1. The first-order valence-electron chi connectivity index (χ1n) is 6.38. The van der Waals surface area contributed by atoms with E-state index in [9.17, 15) is 0 Å². The Kier molecular flexibility index (Phi) is 2.24. The first-order chi connectivity index (χ1) is 9.66. The summed E-state index contributed by atoms with van der Waals surface area (Å²) in [7, 11) is 2.01. The molecule has 3 nitrogen and oxygen atoms in total. The number of fused-ring (bicyclic) bond motifs is 4. The number of benzene rings is 2. The van der Waals surface area contributed by atoms with Gasteiger partial charge in [0.25, 0.3) is 0 Å². The van der Waals surface area contributed by atoms with E-state index < -0.39 is 0 Å². The Morgan fingerprint density at radius 1 is 1.10 bits per heavy atom. The van der Waals surface area contributed by atoms with E-state index in [-0.39, 0.29) is 0 Å². The van der Waals surface area contributed by atoms with Gasteiger partial charge in [0.1, 0.15) is 0 Å². The van der Waals surface area contributed by atoms with Crippen LogP contribution in [0.5, 0.6) is 0 Å². The SMILES string of the molecule is Cn1c2ccc(Cl)cc2c2nc3ccccc3c(N)c21. The molecule has 0 spiro atoms. The van der Waals surface area contributed by atoms with E-state index in [1.807, 2.05) is 49.5 Å². The molecular formula is C16H12ClN3. The van der Waals surface area contributed by atoms with E-state index in [1.54, 1.807) is 0 Å². The molecule has 0 aliphatic heterocycles. The Balaban J connectivity index is 2.35. The van der Waals surface area contributed by atoms with Crippen LogP contribution in [0.2, 0.25) is 5.02 Å². The van der Waals surface area contributed by atoms with Crippen LogP contribution in [0.1, 0.15) is 0 Å². The molecule has 0 saturated heterocycles. The van der Waals surface area contributed by atoms with Gasteiger partial charge in [-0.05, 0) is 24.3 Å². The minimum atomic E-state index is 0.707. The Labute approximate surface area is 120 Å². The summed E-state index contributed by atoms with van der Waals surface area (Å²) in [5.41, 5.74) is 11.0. The highest BCUT2D eigenvalue weighted by Gasteiger charge is 2.14. The fraction of sp³-hybridized carbons (Fsp3) is 0.0625. The maximum atomic E-state index is 6.36. The van der Waals surface area contributed by atoms with Gasteiger partial charge in [-0.2, -0.15) is 0 Å². The van der Waals surface area contributed by atoms with Crippen molar-refractivity contribution in [3.8, 4) is 0 Å². The topological polar surface area (TPSA) is 43.8 Å². The number of hydrogen-bond acceptors (Lipinski definition) is 2. The number of aryl methyl sites for hydroxylation is 1. The van der Waals surface area contributed by atoms with Crippen molar-refractivity contribution in [2.24, 2.45) is 7.05 Å². The number of anilines is 1. The largest absolute Gasteiger partial charge is 0.396 e. The number of nitrogens with zero attached hydrogens (tertiary/aromatic N) is 2. The fourth-order valence-electron chi connectivity index (χ4n) is 2.87. The molecule has 0 bridgehead atoms. The first-order valence-corrected chi connectivity index (χ1v) is 6.76. The van der Waals surface area contributed by atoms with Crippen molar-refractivity contribution >= 4 is 50.1 Å². The van der Waals surface area contributed by atoms with Crippen LogP contribution in [0.3, 0.4) is 0 Å². The molecule has 2 aromatic carbocycles. The molecule has 98 valence electrons. The van der Waals surface area contributed by atoms with Crippen LogP contribution >= 0.6 is 11.6 Å². The van der Waals surface area contributed by atoms with Crippen LogP contribution in [0, 0.1) is 0 Å². The standard InChI is InChI=1S/C16H12ClN3/c1-20-13-7-6-9(17)8-11(13)15-16(20)14(18)10-4-2-3-5-12(10)19-15/h2-8H,1H3,(H2,18,19). The van der Waals surface area contributed by atoms with Gasteiger partial charge in [-0.25, -0.2) is 4.98 Å². The van der Waals surface area contributed by atoms with Crippen molar-refractivity contribution in [1.82, 2.24) is 9.55 Å². The summed E-state index contributed by atoms with van der Waals surface area (Å²) in [6.45, 7) is 0. The number of pyridine rings is 1. The molecule has 20 heavy (non-hydrogen) atoms. The Bertz CT molecular complexity index is 985. The average Bonchev–Trinajstić information content (AvgIpc) is 2.72. The van der Waals surface area contributed by atoms with Gasteiger partial charge in [0, 0.05) is 22.8 Å². The van der Waals surface area contributed by atoms with E-state index in [2.05, 4.69) is 4.57 Å². The summed E-state index contributed by atoms with van der Waals surface area (Å²) in [6.07, 6.45) is 0. The second-order valence-electron chi connectivity index (χ2n) is 4.96. The summed E-state index contributed by atoms with van der Waals surface area (Å²) < 4.78 is 2.08. The highest BCUT2D eigenvalue weighted by Crippen LogP contribution is 2.35. The van der Waals surface area contributed by atoms with Gasteiger partial charge in [0.15, 0.2) is 0 Å². The van der Waals surface area contributed by atoms with E-state index in [0.29, 0.717) is 5.02 Å². The minimum absolute atomic E-state index is 0.707. The maximum Gasteiger partial charge on any atom is 0.0989 e. The smallest absolute Gasteiger partial charge is 0.0989 e. The molecule has 2 N–H and O–H groups in total. The van der Waals surface area contributed by atoms with Crippen molar-refractivity contribution in [1.29, 1.82) is 0 Å². The predicted octanol–water partition coefficient (Wildman–Crippen LogP) is 4.12. The lowest BCUT2D eigenvalue weighted by molar-refractivity contribution is 1.01. The van der Waals surface area contributed by atoms with Crippen molar-refractivity contribution in [2.75, 3.05) is 5.73 Å². The number of rotatable bonds is 0. The van der Waals surface area contributed by atoms with Gasteiger partial charge in [-0.15, -0.1) is 0 Å². The predicted molar refractivity (Wildman–Crippen MR) is 85.1 cm³/mol. The normalized spacial score (nSPS) is 11.7. The number of hydrogen-bond donors (Lipinski definition) is 1. The average molecular weight is 282 g/mol. The van der Waals surface area contributed by atoms with Crippen molar-refractivity contribution < 1.29 is 0 Å². The zero-order chi connectivity index (χ0) is 13.9.